The summed E-state index contributed by atoms with van der Waals surface area (Å²) >= 11 is 0. The average Bonchev–Trinajstić information content (AvgIpc) is 2.28. The van der Waals surface area contributed by atoms with Gasteiger partial charge in [-0.15, -0.1) is 0 Å². The van der Waals surface area contributed by atoms with Gasteiger partial charge in [-0.1, -0.05) is 42.5 Å². The summed E-state index contributed by atoms with van der Waals surface area (Å²) in [5.41, 5.74) is 1.04. The monoisotopic (exact) mass is 208 g/mol. The molecular weight excluding hydrogens is 192 g/mol. The molecule has 0 bridgehead atoms. The van der Waals surface area contributed by atoms with Crippen LogP contribution in [0.15, 0.2) is 36.4 Å². The third-order valence-corrected chi connectivity index (χ3v) is 1.83. The summed E-state index contributed by atoms with van der Waals surface area (Å²) in [6, 6.07) is 9.73. The summed E-state index contributed by atoms with van der Waals surface area (Å²) in [6.07, 6.45) is 2.89. The highest BCUT2D eigenvalue weighted by atomic mass is 16.5. The van der Waals surface area contributed by atoms with Gasteiger partial charge in [-0.05, 0) is 5.56 Å². The van der Waals surface area contributed by atoms with Gasteiger partial charge in [0.05, 0.1) is 25.9 Å². The van der Waals surface area contributed by atoms with Crippen molar-refractivity contribution in [1.82, 2.24) is 0 Å². The predicted octanol–water partition coefficient (Wildman–Crippen LogP) is 1.07. The van der Waals surface area contributed by atoms with Gasteiger partial charge in [-0.3, -0.25) is 0 Å². The molecule has 1 aromatic rings. The standard InChI is InChI=1S/C12H16O3/c13-8-9-15-10-12(14)7-6-11-4-2-1-3-5-11/h1-7,12-14H,8-10H2. The van der Waals surface area contributed by atoms with Crippen molar-refractivity contribution in [3.8, 4) is 0 Å². The smallest absolute Gasteiger partial charge is 0.0957 e. The highest BCUT2D eigenvalue weighted by Gasteiger charge is 1.97. The molecule has 82 valence electrons. The first-order chi connectivity index (χ1) is 7.33. The van der Waals surface area contributed by atoms with Gasteiger partial charge in [0.25, 0.3) is 0 Å². The third kappa shape index (κ3) is 5.32. The molecule has 0 amide bonds. The Kier molecular flexibility index (Phi) is 5.70. The Morgan fingerprint density at radius 1 is 1.27 bits per heavy atom. The topological polar surface area (TPSA) is 49.7 Å². The SMILES string of the molecule is OCCOCC(O)C=Cc1ccccc1. The Bertz CT molecular complexity index is 282. The summed E-state index contributed by atoms with van der Waals surface area (Å²) in [5, 5.41) is 17.9. The van der Waals surface area contributed by atoms with Crippen LogP contribution in [0.3, 0.4) is 0 Å². The second-order valence-corrected chi connectivity index (χ2v) is 3.14. The fourth-order valence-corrected chi connectivity index (χ4v) is 1.11. The molecule has 0 fully saturated rings. The summed E-state index contributed by atoms with van der Waals surface area (Å²) in [5.74, 6) is 0. The first-order valence-electron chi connectivity index (χ1n) is 4.93. The molecule has 1 rings (SSSR count). The number of rotatable bonds is 6. The zero-order valence-electron chi connectivity index (χ0n) is 8.54. The van der Waals surface area contributed by atoms with Crippen LogP contribution in [0.2, 0.25) is 0 Å². The van der Waals surface area contributed by atoms with E-state index in [1.54, 1.807) is 6.08 Å². The number of aliphatic hydroxyl groups is 2. The lowest BCUT2D eigenvalue weighted by molar-refractivity contribution is 0.0403. The van der Waals surface area contributed by atoms with Crippen LogP contribution in [0, 0.1) is 0 Å². The van der Waals surface area contributed by atoms with Gasteiger partial charge < -0.3 is 14.9 Å². The van der Waals surface area contributed by atoms with Gasteiger partial charge in [0, 0.05) is 0 Å². The molecule has 0 saturated carbocycles. The Labute approximate surface area is 89.6 Å². The quantitative estimate of drug-likeness (QED) is 0.687. The second-order valence-electron chi connectivity index (χ2n) is 3.14. The number of hydrogen-bond donors (Lipinski definition) is 2. The van der Waals surface area contributed by atoms with E-state index in [2.05, 4.69) is 0 Å². The van der Waals surface area contributed by atoms with Crippen LogP contribution in [0.1, 0.15) is 5.56 Å². The molecule has 1 aromatic carbocycles. The van der Waals surface area contributed by atoms with E-state index in [1.165, 1.54) is 0 Å². The van der Waals surface area contributed by atoms with Crippen LogP contribution < -0.4 is 0 Å². The van der Waals surface area contributed by atoms with Crippen LogP contribution in [0.25, 0.3) is 6.08 Å². The highest BCUT2D eigenvalue weighted by Crippen LogP contribution is 2.02. The molecule has 0 aliphatic carbocycles. The van der Waals surface area contributed by atoms with Gasteiger partial charge in [0.15, 0.2) is 0 Å². The minimum atomic E-state index is -0.628. The third-order valence-electron chi connectivity index (χ3n) is 1.83. The molecule has 0 heterocycles. The number of hydrogen-bond acceptors (Lipinski definition) is 3. The minimum Gasteiger partial charge on any atom is -0.394 e. The predicted molar refractivity (Wildman–Crippen MR) is 59.4 cm³/mol. The molecule has 1 atom stereocenters. The van der Waals surface area contributed by atoms with Crippen LogP contribution in [0.4, 0.5) is 0 Å². The first-order valence-corrected chi connectivity index (χ1v) is 4.93. The highest BCUT2D eigenvalue weighted by molar-refractivity contribution is 5.49. The lowest BCUT2D eigenvalue weighted by Gasteiger charge is -2.05. The maximum atomic E-state index is 9.44. The van der Waals surface area contributed by atoms with Crippen molar-refractivity contribution in [2.75, 3.05) is 19.8 Å². The fraction of sp³-hybridized carbons (Fsp3) is 0.333. The second kappa shape index (κ2) is 7.17. The Hall–Kier alpha value is -1.16. The lowest BCUT2D eigenvalue weighted by atomic mass is 10.2. The van der Waals surface area contributed by atoms with Gasteiger partial charge in [0.2, 0.25) is 0 Å². The number of aliphatic hydroxyl groups excluding tert-OH is 2. The molecular formula is C12H16O3. The van der Waals surface area contributed by atoms with Crippen LogP contribution >= 0.6 is 0 Å². The van der Waals surface area contributed by atoms with E-state index in [1.807, 2.05) is 36.4 Å². The van der Waals surface area contributed by atoms with Crippen molar-refractivity contribution >= 4 is 6.08 Å². The molecule has 0 aliphatic heterocycles. The number of benzene rings is 1. The summed E-state index contributed by atoms with van der Waals surface area (Å²) in [4.78, 5) is 0. The van der Waals surface area contributed by atoms with Crippen molar-refractivity contribution in [3.63, 3.8) is 0 Å². The largest absolute Gasteiger partial charge is 0.394 e. The van der Waals surface area contributed by atoms with Crippen LogP contribution in [-0.4, -0.2) is 36.1 Å². The molecule has 0 aromatic heterocycles. The maximum Gasteiger partial charge on any atom is 0.0957 e. The minimum absolute atomic E-state index is 0.0187. The summed E-state index contributed by atoms with van der Waals surface area (Å²) in [6.45, 7) is 0.454. The van der Waals surface area contributed by atoms with E-state index in [0.29, 0.717) is 0 Å². The van der Waals surface area contributed by atoms with Crippen LogP contribution in [-0.2, 0) is 4.74 Å². The maximum absolute atomic E-state index is 9.44. The van der Waals surface area contributed by atoms with E-state index in [0.717, 1.165) is 5.56 Å². The van der Waals surface area contributed by atoms with E-state index >= 15 is 0 Å². The molecule has 0 radical (unpaired) electrons. The molecule has 15 heavy (non-hydrogen) atoms. The van der Waals surface area contributed by atoms with E-state index in [4.69, 9.17) is 9.84 Å². The van der Waals surface area contributed by atoms with Gasteiger partial charge in [-0.2, -0.15) is 0 Å². The molecule has 1 unspecified atom stereocenters. The molecule has 3 heteroatoms. The lowest BCUT2D eigenvalue weighted by Crippen LogP contribution is -2.13. The van der Waals surface area contributed by atoms with E-state index in [9.17, 15) is 5.11 Å². The number of ether oxygens (including phenoxy) is 1. The zero-order chi connectivity index (χ0) is 10.9. The Morgan fingerprint density at radius 3 is 2.67 bits per heavy atom. The molecule has 2 N–H and O–H groups in total. The fourth-order valence-electron chi connectivity index (χ4n) is 1.11. The van der Waals surface area contributed by atoms with Crippen molar-refractivity contribution in [2.24, 2.45) is 0 Å². The summed E-state index contributed by atoms with van der Waals surface area (Å²) < 4.78 is 4.98. The van der Waals surface area contributed by atoms with E-state index < -0.39 is 6.10 Å². The normalized spacial score (nSPS) is 13.2. The molecule has 0 saturated heterocycles. The first kappa shape index (κ1) is 11.9. The molecule has 0 spiro atoms. The van der Waals surface area contributed by atoms with Crippen molar-refractivity contribution in [2.45, 2.75) is 6.10 Å². The van der Waals surface area contributed by atoms with Crippen molar-refractivity contribution < 1.29 is 14.9 Å². The average molecular weight is 208 g/mol. The molecule has 0 aliphatic rings. The summed E-state index contributed by atoms with van der Waals surface area (Å²) in [7, 11) is 0. The van der Waals surface area contributed by atoms with Gasteiger partial charge >= 0.3 is 0 Å². The zero-order valence-corrected chi connectivity index (χ0v) is 8.54. The van der Waals surface area contributed by atoms with Gasteiger partial charge in [0.1, 0.15) is 0 Å². The van der Waals surface area contributed by atoms with E-state index in [-0.39, 0.29) is 19.8 Å². The Morgan fingerprint density at radius 2 is 2.00 bits per heavy atom. The Balaban J connectivity index is 2.31. The van der Waals surface area contributed by atoms with Crippen molar-refractivity contribution in [1.29, 1.82) is 0 Å². The van der Waals surface area contributed by atoms with Gasteiger partial charge in [-0.25, -0.2) is 0 Å². The van der Waals surface area contributed by atoms with Crippen molar-refractivity contribution in [3.05, 3.63) is 42.0 Å². The van der Waals surface area contributed by atoms with Crippen LogP contribution in [0.5, 0.6) is 0 Å². The molecule has 3 nitrogen and oxygen atoms in total.